The highest BCUT2D eigenvalue weighted by Gasteiger charge is 2.31. The predicted molar refractivity (Wildman–Crippen MR) is 119 cm³/mol. The number of guanidine groups is 1. The molecule has 2 N–H and O–H groups in total. The van der Waals surface area contributed by atoms with Gasteiger partial charge >= 0.3 is 0 Å². The summed E-state index contributed by atoms with van der Waals surface area (Å²) in [5.41, 5.74) is 0. The number of hydrogen-bond acceptors (Lipinski definition) is 3. The van der Waals surface area contributed by atoms with Crippen molar-refractivity contribution in [2.24, 2.45) is 10.9 Å². The van der Waals surface area contributed by atoms with Gasteiger partial charge in [0, 0.05) is 38.1 Å². The van der Waals surface area contributed by atoms with E-state index in [1.165, 1.54) is 19.3 Å². The maximum Gasteiger partial charge on any atom is 0.225 e. The van der Waals surface area contributed by atoms with Crippen LogP contribution < -0.4 is 10.6 Å². The number of nitrogens with zero attached hydrogens (tertiary/aromatic N) is 3. The lowest BCUT2D eigenvalue weighted by molar-refractivity contribution is -0.135. The molecule has 2 aliphatic rings. The molecule has 0 spiro atoms. The first kappa shape index (κ1) is 23.5. The van der Waals surface area contributed by atoms with Gasteiger partial charge in [-0.2, -0.15) is 0 Å². The summed E-state index contributed by atoms with van der Waals surface area (Å²) in [5.74, 6) is 1.54. The number of amides is 1. The fourth-order valence-corrected chi connectivity index (χ4v) is 3.69. The van der Waals surface area contributed by atoms with Crippen LogP contribution in [0.2, 0.25) is 0 Å². The standard InChI is InChI=1S/C19H37N5O.HI/c1-4-20-19(21-12-14-23(3)5-2)22-17-11-13-24(15-17)18(25)16-9-7-6-8-10-16;/h16-17H,4-15H2,1-3H3,(H2,20,21,22);1H. The Kier molecular flexibility index (Phi) is 11.5. The minimum absolute atomic E-state index is 0. The first-order valence-corrected chi connectivity index (χ1v) is 10.2. The van der Waals surface area contributed by atoms with E-state index in [2.05, 4.69) is 46.3 Å². The third-order valence-corrected chi connectivity index (χ3v) is 5.43. The van der Waals surface area contributed by atoms with Crippen molar-refractivity contribution in [2.75, 3.05) is 46.3 Å². The molecular formula is C19H38IN5O. The molecule has 7 heteroatoms. The summed E-state index contributed by atoms with van der Waals surface area (Å²) in [7, 11) is 2.11. The van der Waals surface area contributed by atoms with E-state index >= 15 is 0 Å². The Morgan fingerprint density at radius 2 is 1.92 bits per heavy atom. The minimum atomic E-state index is 0. The average Bonchev–Trinajstić information content (AvgIpc) is 3.10. The van der Waals surface area contributed by atoms with E-state index in [1.54, 1.807) is 0 Å². The van der Waals surface area contributed by atoms with Crippen LogP contribution in [-0.4, -0.2) is 74.0 Å². The second kappa shape index (κ2) is 12.8. The van der Waals surface area contributed by atoms with Gasteiger partial charge in [0.2, 0.25) is 5.91 Å². The summed E-state index contributed by atoms with van der Waals surface area (Å²) < 4.78 is 0. The first-order chi connectivity index (χ1) is 12.1. The van der Waals surface area contributed by atoms with Gasteiger partial charge in [-0.25, -0.2) is 0 Å². The van der Waals surface area contributed by atoms with E-state index in [4.69, 9.17) is 0 Å². The molecule has 6 nitrogen and oxygen atoms in total. The van der Waals surface area contributed by atoms with Gasteiger partial charge < -0.3 is 20.4 Å². The largest absolute Gasteiger partial charge is 0.357 e. The van der Waals surface area contributed by atoms with E-state index in [0.29, 0.717) is 11.9 Å². The third-order valence-electron chi connectivity index (χ3n) is 5.43. The van der Waals surface area contributed by atoms with Gasteiger partial charge in [-0.15, -0.1) is 24.0 Å². The number of halogens is 1. The van der Waals surface area contributed by atoms with Crippen molar-refractivity contribution in [2.45, 2.75) is 58.4 Å². The summed E-state index contributed by atoms with van der Waals surface area (Å²) in [6.45, 7) is 9.58. The van der Waals surface area contributed by atoms with Crippen LogP contribution in [0.3, 0.4) is 0 Å². The molecule has 1 aliphatic heterocycles. The predicted octanol–water partition coefficient (Wildman–Crippen LogP) is 2.29. The zero-order chi connectivity index (χ0) is 18.1. The monoisotopic (exact) mass is 479 g/mol. The molecule has 0 aromatic rings. The molecule has 0 aromatic carbocycles. The van der Waals surface area contributed by atoms with Crippen LogP contribution in [-0.2, 0) is 4.79 Å². The van der Waals surface area contributed by atoms with Gasteiger partial charge in [0.1, 0.15) is 0 Å². The van der Waals surface area contributed by atoms with Gasteiger partial charge in [0.25, 0.3) is 0 Å². The van der Waals surface area contributed by atoms with E-state index < -0.39 is 0 Å². The van der Waals surface area contributed by atoms with Crippen LogP contribution in [0.25, 0.3) is 0 Å². The fourth-order valence-electron chi connectivity index (χ4n) is 3.69. The van der Waals surface area contributed by atoms with Gasteiger partial charge in [-0.3, -0.25) is 9.79 Å². The quantitative estimate of drug-likeness (QED) is 0.334. The molecule has 2 fully saturated rings. The molecule has 1 amide bonds. The minimum Gasteiger partial charge on any atom is -0.357 e. The maximum atomic E-state index is 12.7. The summed E-state index contributed by atoms with van der Waals surface area (Å²) in [4.78, 5) is 21.7. The molecule has 1 atom stereocenters. The van der Waals surface area contributed by atoms with Crippen molar-refractivity contribution in [3.8, 4) is 0 Å². The van der Waals surface area contributed by atoms with E-state index in [-0.39, 0.29) is 29.9 Å². The van der Waals surface area contributed by atoms with Gasteiger partial charge in [0.05, 0.1) is 6.54 Å². The first-order valence-electron chi connectivity index (χ1n) is 10.2. The summed E-state index contributed by atoms with van der Waals surface area (Å²) >= 11 is 0. The second-order valence-corrected chi connectivity index (χ2v) is 7.41. The molecule has 1 saturated carbocycles. The Hall–Kier alpha value is -0.570. The van der Waals surface area contributed by atoms with E-state index in [9.17, 15) is 4.79 Å². The van der Waals surface area contributed by atoms with Crippen molar-refractivity contribution >= 4 is 35.8 Å². The number of aliphatic imine (C=N–C) groups is 1. The number of likely N-dealkylation sites (N-methyl/N-ethyl adjacent to an activating group) is 1. The molecule has 0 aromatic heterocycles. The Balaban J connectivity index is 0.00000338. The van der Waals surface area contributed by atoms with E-state index in [1.807, 2.05) is 0 Å². The van der Waals surface area contributed by atoms with Crippen molar-refractivity contribution in [3.05, 3.63) is 0 Å². The number of likely N-dealkylation sites (tertiary alicyclic amines) is 1. The zero-order valence-electron chi connectivity index (χ0n) is 16.8. The second-order valence-electron chi connectivity index (χ2n) is 7.41. The van der Waals surface area contributed by atoms with Crippen molar-refractivity contribution in [3.63, 3.8) is 0 Å². The molecule has 1 aliphatic carbocycles. The highest BCUT2D eigenvalue weighted by Crippen LogP contribution is 2.26. The van der Waals surface area contributed by atoms with E-state index in [0.717, 1.165) is 64.5 Å². The Morgan fingerprint density at radius 1 is 1.19 bits per heavy atom. The number of carbonyl (C=O) groups is 1. The van der Waals surface area contributed by atoms with Gasteiger partial charge in [0.15, 0.2) is 5.96 Å². The molecule has 152 valence electrons. The molecular weight excluding hydrogens is 441 g/mol. The number of carbonyl (C=O) groups excluding carboxylic acids is 1. The van der Waals surface area contributed by atoms with Crippen molar-refractivity contribution in [1.29, 1.82) is 0 Å². The lowest BCUT2D eigenvalue weighted by Crippen LogP contribution is -2.45. The number of nitrogens with one attached hydrogen (secondary N) is 2. The van der Waals surface area contributed by atoms with Crippen molar-refractivity contribution < 1.29 is 4.79 Å². The smallest absolute Gasteiger partial charge is 0.225 e. The number of hydrogen-bond donors (Lipinski definition) is 2. The Morgan fingerprint density at radius 3 is 2.58 bits per heavy atom. The van der Waals surface area contributed by atoms with Crippen LogP contribution in [0.4, 0.5) is 0 Å². The third kappa shape index (κ3) is 7.58. The van der Waals surface area contributed by atoms with Crippen molar-refractivity contribution in [1.82, 2.24) is 20.4 Å². The topological polar surface area (TPSA) is 60.0 Å². The molecule has 0 bridgehead atoms. The molecule has 1 saturated heterocycles. The fraction of sp³-hybridized carbons (Fsp3) is 0.895. The normalized spacial score (nSPS) is 21.6. The maximum absolute atomic E-state index is 12.7. The Labute approximate surface area is 176 Å². The van der Waals surface area contributed by atoms with Crippen LogP contribution in [0, 0.1) is 5.92 Å². The molecule has 1 unspecified atom stereocenters. The lowest BCUT2D eigenvalue weighted by Gasteiger charge is -2.26. The molecule has 26 heavy (non-hydrogen) atoms. The average molecular weight is 479 g/mol. The van der Waals surface area contributed by atoms with Gasteiger partial charge in [-0.1, -0.05) is 26.2 Å². The summed E-state index contributed by atoms with van der Waals surface area (Å²) in [6.07, 6.45) is 6.91. The summed E-state index contributed by atoms with van der Waals surface area (Å²) in [6, 6.07) is 0.314. The molecule has 0 radical (unpaired) electrons. The van der Waals surface area contributed by atoms with Crippen LogP contribution >= 0.6 is 24.0 Å². The zero-order valence-corrected chi connectivity index (χ0v) is 19.1. The lowest BCUT2D eigenvalue weighted by atomic mass is 9.88. The SMILES string of the molecule is CCNC(=NCCN(C)CC)NC1CCN(C(=O)C2CCCCC2)C1.I. The molecule has 1 heterocycles. The highest BCUT2D eigenvalue weighted by molar-refractivity contribution is 14.0. The Bertz CT molecular complexity index is 440. The van der Waals surface area contributed by atoms with Crippen LogP contribution in [0.1, 0.15) is 52.4 Å². The molecule has 2 rings (SSSR count). The highest BCUT2D eigenvalue weighted by atomic mass is 127. The summed E-state index contributed by atoms with van der Waals surface area (Å²) in [5, 5.41) is 6.85. The number of rotatable bonds is 7. The van der Waals surface area contributed by atoms with Crippen LogP contribution in [0.15, 0.2) is 4.99 Å². The van der Waals surface area contributed by atoms with Gasteiger partial charge in [-0.05, 0) is 39.8 Å². The van der Waals surface area contributed by atoms with Crippen LogP contribution in [0.5, 0.6) is 0 Å².